The lowest BCUT2D eigenvalue weighted by Gasteiger charge is -2.20. The fourth-order valence-corrected chi connectivity index (χ4v) is 2.65. The molecule has 1 N–H and O–H groups in total. The maximum absolute atomic E-state index is 11.8. The Bertz CT molecular complexity index is 404. The fraction of sp³-hybridized carbons (Fsp3) is 0.571. The minimum absolute atomic E-state index is 0.0250. The van der Waals surface area contributed by atoms with Gasteiger partial charge < -0.3 is 10.2 Å². The summed E-state index contributed by atoms with van der Waals surface area (Å²) in [5, 5.41) is 4.57. The van der Waals surface area contributed by atoms with Gasteiger partial charge in [0.1, 0.15) is 0 Å². The van der Waals surface area contributed by atoms with E-state index in [2.05, 4.69) is 10.2 Å². The van der Waals surface area contributed by atoms with Crippen molar-refractivity contribution in [3.8, 4) is 0 Å². The summed E-state index contributed by atoms with van der Waals surface area (Å²) in [5.41, 5.74) is 0. The molecule has 1 rings (SSSR count). The first-order valence-electron chi connectivity index (χ1n) is 6.51. The Morgan fingerprint density at radius 1 is 1.47 bits per heavy atom. The number of hydrogen-bond donors (Lipinski definition) is 1. The second-order valence-corrected chi connectivity index (χ2v) is 5.73. The zero-order chi connectivity index (χ0) is 14.3. The van der Waals surface area contributed by atoms with Gasteiger partial charge in [-0.1, -0.05) is 13.0 Å². The largest absolute Gasteiger partial charge is 0.359 e. The number of nitrogens with one attached hydrogen (secondary N) is 1. The standard InChI is InChI=1S/C14H22N2O2S/c1-11(14(18)15-2)10-16(3)8-4-6-12(17)13-7-5-9-19-13/h5,7,9,11H,4,6,8,10H2,1-3H3,(H,15,18). The van der Waals surface area contributed by atoms with Crippen molar-refractivity contribution in [3.05, 3.63) is 22.4 Å². The molecule has 0 aliphatic carbocycles. The van der Waals surface area contributed by atoms with Crippen LogP contribution in [0.4, 0.5) is 0 Å². The first-order valence-corrected chi connectivity index (χ1v) is 7.39. The van der Waals surface area contributed by atoms with Gasteiger partial charge in [0.05, 0.1) is 4.88 Å². The van der Waals surface area contributed by atoms with Crippen molar-refractivity contribution >= 4 is 23.0 Å². The number of carbonyl (C=O) groups is 2. The Kier molecular flexibility index (Phi) is 6.73. The molecule has 0 saturated heterocycles. The predicted octanol–water partition coefficient (Wildman–Crippen LogP) is 2.02. The van der Waals surface area contributed by atoms with E-state index in [1.165, 1.54) is 11.3 Å². The van der Waals surface area contributed by atoms with Crippen molar-refractivity contribution in [2.45, 2.75) is 19.8 Å². The van der Waals surface area contributed by atoms with Crippen LogP contribution in [0.5, 0.6) is 0 Å². The maximum Gasteiger partial charge on any atom is 0.223 e. The van der Waals surface area contributed by atoms with Gasteiger partial charge in [-0.2, -0.15) is 0 Å². The number of thiophene rings is 1. The monoisotopic (exact) mass is 282 g/mol. The van der Waals surface area contributed by atoms with E-state index in [-0.39, 0.29) is 17.6 Å². The molecule has 0 bridgehead atoms. The average molecular weight is 282 g/mol. The molecule has 0 aliphatic rings. The molecule has 1 aromatic heterocycles. The van der Waals surface area contributed by atoms with E-state index in [1.54, 1.807) is 7.05 Å². The summed E-state index contributed by atoms with van der Waals surface area (Å²) in [6.45, 7) is 3.46. The van der Waals surface area contributed by atoms with Gasteiger partial charge in [-0.15, -0.1) is 11.3 Å². The second-order valence-electron chi connectivity index (χ2n) is 4.78. The van der Waals surface area contributed by atoms with Gasteiger partial charge in [0.25, 0.3) is 0 Å². The molecule has 1 unspecified atom stereocenters. The SMILES string of the molecule is CNC(=O)C(C)CN(C)CCCC(=O)c1cccs1. The summed E-state index contributed by atoms with van der Waals surface area (Å²) in [7, 11) is 3.63. The molecule has 0 aliphatic heterocycles. The van der Waals surface area contributed by atoms with Crippen molar-refractivity contribution in [1.82, 2.24) is 10.2 Å². The first kappa shape index (κ1) is 15.9. The van der Waals surface area contributed by atoms with Gasteiger partial charge in [-0.25, -0.2) is 0 Å². The molecule has 0 spiro atoms. The summed E-state index contributed by atoms with van der Waals surface area (Å²) >= 11 is 1.49. The normalized spacial score (nSPS) is 12.4. The number of amides is 1. The summed E-state index contributed by atoms with van der Waals surface area (Å²) in [6, 6.07) is 3.76. The molecule has 19 heavy (non-hydrogen) atoms. The minimum atomic E-state index is -0.0250. The second kappa shape index (κ2) is 8.07. The number of Topliss-reactive ketones (excluding diaryl/α,β-unsaturated/α-hetero) is 1. The molecule has 0 saturated carbocycles. The van der Waals surface area contributed by atoms with Gasteiger partial charge in [-0.3, -0.25) is 9.59 Å². The lowest BCUT2D eigenvalue weighted by atomic mass is 10.1. The van der Waals surface area contributed by atoms with E-state index in [4.69, 9.17) is 0 Å². The van der Waals surface area contributed by atoms with Gasteiger partial charge in [0.15, 0.2) is 5.78 Å². The van der Waals surface area contributed by atoms with Crippen molar-refractivity contribution < 1.29 is 9.59 Å². The predicted molar refractivity (Wildman–Crippen MR) is 78.6 cm³/mol. The van der Waals surface area contributed by atoms with Crippen LogP contribution in [0.2, 0.25) is 0 Å². The van der Waals surface area contributed by atoms with Gasteiger partial charge in [0, 0.05) is 25.9 Å². The molecule has 1 heterocycles. The third-order valence-electron chi connectivity index (χ3n) is 3.02. The molecule has 1 aromatic rings. The highest BCUT2D eigenvalue weighted by Crippen LogP contribution is 2.12. The molecular formula is C14H22N2O2S. The van der Waals surface area contributed by atoms with Gasteiger partial charge in [0.2, 0.25) is 5.91 Å². The van der Waals surface area contributed by atoms with Crippen LogP contribution >= 0.6 is 11.3 Å². The van der Waals surface area contributed by atoms with Crippen LogP contribution in [0.15, 0.2) is 17.5 Å². The van der Waals surface area contributed by atoms with Crippen molar-refractivity contribution in [1.29, 1.82) is 0 Å². The fourth-order valence-electron chi connectivity index (χ4n) is 1.96. The van der Waals surface area contributed by atoms with Gasteiger partial charge in [-0.05, 0) is 31.5 Å². The molecule has 0 aromatic carbocycles. The molecule has 0 fully saturated rings. The Morgan fingerprint density at radius 2 is 2.21 bits per heavy atom. The van der Waals surface area contributed by atoms with Crippen LogP contribution in [-0.2, 0) is 4.79 Å². The van der Waals surface area contributed by atoms with Crippen molar-refractivity contribution in [2.75, 3.05) is 27.2 Å². The number of nitrogens with zero attached hydrogens (tertiary/aromatic N) is 1. The molecule has 1 amide bonds. The Hall–Kier alpha value is -1.20. The van der Waals surface area contributed by atoms with Crippen LogP contribution in [-0.4, -0.2) is 43.8 Å². The average Bonchev–Trinajstić information content (AvgIpc) is 2.91. The molecule has 4 nitrogen and oxygen atoms in total. The lowest BCUT2D eigenvalue weighted by Crippen LogP contribution is -2.34. The smallest absolute Gasteiger partial charge is 0.223 e. The summed E-state index contributed by atoms with van der Waals surface area (Å²) in [6.07, 6.45) is 1.40. The quantitative estimate of drug-likeness (QED) is 0.742. The van der Waals surface area contributed by atoms with E-state index in [0.29, 0.717) is 13.0 Å². The summed E-state index contributed by atoms with van der Waals surface area (Å²) < 4.78 is 0. The minimum Gasteiger partial charge on any atom is -0.359 e. The topological polar surface area (TPSA) is 49.4 Å². The highest BCUT2D eigenvalue weighted by Gasteiger charge is 2.13. The maximum atomic E-state index is 11.8. The van der Waals surface area contributed by atoms with Crippen LogP contribution < -0.4 is 5.32 Å². The van der Waals surface area contributed by atoms with E-state index in [0.717, 1.165) is 17.8 Å². The highest BCUT2D eigenvalue weighted by molar-refractivity contribution is 7.12. The number of rotatable bonds is 8. The van der Waals surface area contributed by atoms with Gasteiger partial charge >= 0.3 is 0 Å². The lowest BCUT2D eigenvalue weighted by molar-refractivity contribution is -0.124. The third-order valence-corrected chi connectivity index (χ3v) is 3.93. The third kappa shape index (κ3) is 5.53. The molecule has 5 heteroatoms. The molecule has 1 atom stereocenters. The molecule has 106 valence electrons. The number of ketones is 1. The zero-order valence-corrected chi connectivity index (χ0v) is 12.6. The van der Waals surface area contributed by atoms with E-state index >= 15 is 0 Å². The van der Waals surface area contributed by atoms with E-state index in [1.807, 2.05) is 31.5 Å². The van der Waals surface area contributed by atoms with E-state index < -0.39 is 0 Å². The van der Waals surface area contributed by atoms with Crippen molar-refractivity contribution in [2.24, 2.45) is 5.92 Å². The highest BCUT2D eigenvalue weighted by atomic mass is 32.1. The Morgan fingerprint density at radius 3 is 2.79 bits per heavy atom. The molecule has 0 radical (unpaired) electrons. The zero-order valence-electron chi connectivity index (χ0n) is 11.8. The number of carbonyl (C=O) groups excluding carboxylic acids is 2. The summed E-state index contributed by atoms with van der Waals surface area (Å²) in [5.74, 6) is 0.243. The van der Waals surface area contributed by atoms with Crippen LogP contribution in [0.3, 0.4) is 0 Å². The summed E-state index contributed by atoms with van der Waals surface area (Å²) in [4.78, 5) is 26.1. The molecular weight excluding hydrogens is 260 g/mol. The Balaban J connectivity index is 2.22. The first-order chi connectivity index (χ1) is 9.04. The number of hydrogen-bond acceptors (Lipinski definition) is 4. The van der Waals surface area contributed by atoms with Crippen LogP contribution in [0.1, 0.15) is 29.4 Å². The Labute approximate surface area is 118 Å². The van der Waals surface area contributed by atoms with Crippen LogP contribution in [0, 0.1) is 5.92 Å². The van der Waals surface area contributed by atoms with Crippen LogP contribution in [0.25, 0.3) is 0 Å². The van der Waals surface area contributed by atoms with E-state index in [9.17, 15) is 9.59 Å². The van der Waals surface area contributed by atoms with Crippen molar-refractivity contribution in [3.63, 3.8) is 0 Å².